The van der Waals surface area contributed by atoms with Crippen molar-refractivity contribution in [3.63, 3.8) is 0 Å². The predicted octanol–water partition coefficient (Wildman–Crippen LogP) is 4.42. The number of hydrogen-bond donors (Lipinski definition) is 1. The van der Waals surface area contributed by atoms with Gasteiger partial charge in [0.2, 0.25) is 0 Å². The minimum atomic E-state index is 0.404. The molecule has 0 aliphatic heterocycles. The summed E-state index contributed by atoms with van der Waals surface area (Å²) >= 11 is 6.12. The Kier molecular flexibility index (Phi) is 4.74. The summed E-state index contributed by atoms with van der Waals surface area (Å²) in [6.07, 6.45) is 0. The smallest absolute Gasteiger partial charge is 0.163 e. The number of ether oxygens (including phenoxy) is 1. The topological polar surface area (TPSA) is 47.0 Å². The molecule has 2 aromatic carbocycles. The minimum absolute atomic E-state index is 0.404. The van der Waals surface area contributed by atoms with E-state index in [0.717, 1.165) is 16.9 Å². The number of nitrogens with zero attached hydrogens (tertiary/aromatic N) is 2. The molecule has 0 fully saturated rings. The van der Waals surface area contributed by atoms with Crippen molar-refractivity contribution >= 4 is 17.4 Å². The van der Waals surface area contributed by atoms with Gasteiger partial charge in [-0.05, 0) is 6.07 Å². The average Bonchev–Trinajstić information content (AvgIpc) is 2.60. The molecule has 1 N–H and O–H groups in total. The van der Waals surface area contributed by atoms with Crippen LogP contribution in [-0.2, 0) is 6.54 Å². The van der Waals surface area contributed by atoms with Crippen LogP contribution in [0, 0.1) is 0 Å². The van der Waals surface area contributed by atoms with E-state index in [1.165, 1.54) is 0 Å². The van der Waals surface area contributed by atoms with Crippen LogP contribution in [0.5, 0.6) is 5.75 Å². The summed E-state index contributed by atoms with van der Waals surface area (Å²) in [5.41, 5.74) is 1.97. The zero-order valence-corrected chi connectivity index (χ0v) is 13.4. The summed E-state index contributed by atoms with van der Waals surface area (Å²) in [6.45, 7) is 0.589. The number of anilines is 1. The molecule has 0 saturated carbocycles. The lowest BCUT2D eigenvalue weighted by molar-refractivity contribution is 0.410. The van der Waals surface area contributed by atoms with Crippen molar-refractivity contribution in [2.45, 2.75) is 6.54 Å². The van der Waals surface area contributed by atoms with Gasteiger partial charge in [0.1, 0.15) is 16.7 Å². The van der Waals surface area contributed by atoms with E-state index in [1.807, 2.05) is 54.6 Å². The molecule has 116 valence electrons. The third-order valence-corrected chi connectivity index (χ3v) is 3.57. The number of rotatable bonds is 5. The van der Waals surface area contributed by atoms with Crippen LogP contribution < -0.4 is 10.1 Å². The van der Waals surface area contributed by atoms with Gasteiger partial charge in [-0.3, -0.25) is 0 Å². The van der Waals surface area contributed by atoms with Crippen LogP contribution in [0.4, 0.5) is 5.82 Å². The maximum absolute atomic E-state index is 6.12. The first-order valence-electron chi connectivity index (χ1n) is 7.22. The van der Waals surface area contributed by atoms with Crippen LogP contribution in [0.1, 0.15) is 5.56 Å². The van der Waals surface area contributed by atoms with Crippen molar-refractivity contribution in [3.05, 3.63) is 71.4 Å². The highest BCUT2D eigenvalue weighted by molar-refractivity contribution is 6.29. The molecule has 0 aliphatic rings. The molecule has 0 amide bonds. The van der Waals surface area contributed by atoms with E-state index in [9.17, 15) is 0 Å². The van der Waals surface area contributed by atoms with Gasteiger partial charge < -0.3 is 10.1 Å². The lowest BCUT2D eigenvalue weighted by atomic mass is 10.2. The first-order chi connectivity index (χ1) is 11.3. The monoisotopic (exact) mass is 325 g/mol. The van der Waals surface area contributed by atoms with Crippen molar-refractivity contribution in [2.75, 3.05) is 12.4 Å². The van der Waals surface area contributed by atoms with Gasteiger partial charge in [-0.15, -0.1) is 0 Å². The Hall–Kier alpha value is -2.59. The molecule has 3 rings (SSSR count). The highest BCUT2D eigenvalue weighted by Gasteiger charge is 2.07. The lowest BCUT2D eigenvalue weighted by Gasteiger charge is -2.11. The summed E-state index contributed by atoms with van der Waals surface area (Å²) in [5.74, 6) is 2.11. The molecule has 0 saturated heterocycles. The molecule has 0 radical (unpaired) electrons. The molecule has 23 heavy (non-hydrogen) atoms. The van der Waals surface area contributed by atoms with E-state index < -0.39 is 0 Å². The number of methoxy groups -OCH3 is 1. The Morgan fingerprint density at radius 3 is 2.52 bits per heavy atom. The second-order valence-corrected chi connectivity index (χ2v) is 5.32. The van der Waals surface area contributed by atoms with Crippen LogP contribution in [0.2, 0.25) is 5.15 Å². The molecule has 5 heteroatoms. The third-order valence-electron chi connectivity index (χ3n) is 3.38. The zero-order chi connectivity index (χ0) is 16.1. The number of hydrogen-bond acceptors (Lipinski definition) is 4. The molecule has 0 spiro atoms. The molecule has 0 bridgehead atoms. The fourth-order valence-corrected chi connectivity index (χ4v) is 2.44. The molecule has 4 nitrogen and oxygen atoms in total. The highest BCUT2D eigenvalue weighted by atomic mass is 35.5. The molecular weight excluding hydrogens is 310 g/mol. The quantitative estimate of drug-likeness (QED) is 0.705. The van der Waals surface area contributed by atoms with Crippen LogP contribution >= 0.6 is 11.6 Å². The Morgan fingerprint density at radius 1 is 1.00 bits per heavy atom. The fourth-order valence-electron chi connectivity index (χ4n) is 2.26. The van der Waals surface area contributed by atoms with Gasteiger partial charge in [-0.25, -0.2) is 9.97 Å². The molecule has 1 heterocycles. The van der Waals surface area contributed by atoms with Crippen LogP contribution in [0.25, 0.3) is 11.4 Å². The predicted molar refractivity (Wildman–Crippen MR) is 92.8 cm³/mol. The second-order valence-electron chi connectivity index (χ2n) is 4.93. The zero-order valence-electron chi connectivity index (χ0n) is 12.7. The van der Waals surface area contributed by atoms with Gasteiger partial charge in [0.25, 0.3) is 0 Å². The summed E-state index contributed by atoms with van der Waals surface area (Å²) in [5, 5.41) is 3.68. The fraction of sp³-hybridized carbons (Fsp3) is 0.111. The van der Waals surface area contributed by atoms with Crippen molar-refractivity contribution in [1.82, 2.24) is 9.97 Å². The Morgan fingerprint density at radius 2 is 1.74 bits per heavy atom. The summed E-state index contributed by atoms with van der Waals surface area (Å²) in [4.78, 5) is 8.81. The normalized spacial score (nSPS) is 10.3. The van der Waals surface area contributed by atoms with Gasteiger partial charge >= 0.3 is 0 Å². The maximum Gasteiger partial charge on any atom is 0.163 e. The summed E-state index contributed by atoms with van der Waals surface area (Å²) in [6, 6.07) is 19.3. The van der Waals surface area contributed by atoms with Gasteiger partial charge in [-0.2, -0.15) is 0 Å². The molecule has 3 aromatic rings. The SMILES string of the molecule is COc1ccccc1CNc1cc(Cl)nc(-c2ccccc2)n1. The number of aromatic nitrogens is 2. The van der Waals surface area contributed by atoms with Gasteiger partial charge in [0.15, 0.2) is 5.82 Å². The van der Waals surface area contributed by atoms with E-state index in [4.69, 9.17) is 16.3 Å². The Labute approximate surface area is 140 Å². The lowest BCUT2D eigenvalue weighted by Crippen LogP contribution is -2.04. The molecule has 0 atom stereocenters. The largest absolute Gasteiger partial charge is 0.496 e. The summed E-state index contributed by atoms with van der Waals surface area (Å²) in [7, 11) is 1.66. The minimum Gasteiger partial charge on any atom is -0.496 e. The van der Waals surface area contributed by atoms with Gasteiger partial charge in [0.05, 0.1) is 7.11 Å². The Bertz CT molecular complexity index is 793. The first kappa shape index (κ1) is 15.3. The van der Waals surface area contributed by atoms with Gasteiger partial charge in [-0.1, -0.05) is 60.1 Å². The molecular formula is C18H16ClN3O. The highest BCUT2D eigenvalue weighted by Crippen LogP contribution is 2.22. The number of para-hydroxylation sites is 1. The maximum atomic E-state index is 6.12. The summed E-state index contributed by atoms with van der Waals surface area (Å²) < 4.78 is 5.35. The standard InChI is InChI=1S/C18H16ClN3O/c1-23-15-10-6-5-9-14(15)12-20-17-11-16(19)21-18(22-17)13-7-3-2-4-8-13/h2-11H,12H2,1H3,(H,20,21,22). The van der Waals surface area contributed by atoms with Gasteiger partial charge in [0, 0.05) is 23.7 Å². The van der Waals surface area contributed by atoms with Crippen LogP contribution in [-0.4, -0.2) is 17.1 Å². The average molecular weight is 326 g/mol. The number of halogens is 1. The van der Waals surface area contributed by atoms with Crippen molar-refractivity contribution in [2.24, 2.45) is 0 Å². The van der Waals surface area contributed by atoms with E-state index in [1.54, 1.807) is 13.2 Å². The van der Waals surface area contributed by atoms with E-state index >= 15 is 0 Å². The first-order valence-corrected chi connectivity index (χ1v) is 7.60. The number of nitrogens with one attached hydrogen (secondary N) is 1. The second kappa shape index (κ2) is 7.11. The van der Waals surface area contributed by atoms with E-state index in [0.29, 0.717) is 23.3 Å². The molecule has 0 unspecified atom stereocenters. The van der Waals surface area contributed by atoms with E-state index in [2.05, 4.69) is 15.3 Å². The Balaban J connectivity index is 1.82. The van der Waals surface area contributed by atoms with Crippen LogP contribution in [0.15, 0.2) is 60.7 Å². The molecule has 1 aromatic heterocycles. The van der Waals surface area contributed by atoms with Crippen molar-refractivity contribution < 1.29 is 4.74 Å². The van der Waals surface area contributed by atoms with Crippen molar-refractivity contribution in [1.29, 1.82) is 0 Å². The van der Waals surface area contributed by atoms with E-state index in [-0.39, 0.29) is 0 Å². The number of benzene rings is 2. The van der Waals surface area contributed by atoms with Crippen molar-refractivity contribution in [3.8, 4) is 17.1 Å². The molecule has 0 aliphatic carbocycles. The van der Waals surface area contributed by atoms with Crippen LogP contribution in [0.3, 0.4) is 0 Å². The third kappa shape index (κ3) is 3.79.